The predicted molar refractivity (Wildman–Crippen MR) is 132 cm³/mol. The molecule has 11 heteroatoms. The van der Waals surface area contributed by atoms with Crippen LogP contribution < -0.4 is 5.32 Å². The van der Waals surface area contributed by atoms with Crippen molar-refractivity contribution in [3.05, 3.63) is 94.4 Å². The molecule has 0 atom stereocenters. The zero-order valence-corrected chi connectivity index (χ0v) is 19.6. The number of pyridine rings is 1. The lowest BCUT2D eigenvalue weighted by Gasteiger charge is -2.09. The summed E-state index contributed by atoms with van der Waals surface area (Å²) in [6, 6.07) is 17.7. The first kappa shape index (κ1) is 22.3. The maximum Gasteiger partial charge on any atom is 0.284 e. The fourth-order valence-corrected chi connectivity index (χ4v) is 4.50. The molecule has 3 heterocycles. The van der Waals surface area contributed by atoms with E-state index in [1.165, 1.54) is 12.4 Å². The molecule has 35 heavy (non-hydrogen) atoms. The second-order valence-electron chi connectivity index (χ2n) is 7.78. The van der Waals surface area contributed by atoms with Crippen LogP contribution in [0.3, 0.4) is 0 Å². The molecular formula is C24H19N7O3S. The highest BCUT2D eigenvalue weighted by Gasteiger charge is 2.22. The van der Waals surface area contributed by atoms with Crippen molar-refractivity contribution in [2.45, 2.75) is 17.0 Å². The Morgan fingerprint density at radius 2 is 1.91 bits per heavy atom. The second-order valence-corrected chi connectivity index (χ2v) is 8.79. The smallest absolute Gasteiger partial charge is 0.284 e. The van der Waals surface area contributed by atoms with Crippen molar-refractivity contribution in [3.8, 4) is 11.3 Å². The van der Waals surface area contributed by atoms with Crippen LogP contribution in [0, 0.1) is 17.0 Å². The summed E-state index contributed by atoms with van der Waals surface area (Å²) in [5.41, 5.74) is 3.07. The predicted octanol–water partition coefficient (Wildman–Crippen LogP) is 4.75. The van der Waals surface area contributed by atoms with Gasteiger partial charge < -0.3 is 9.88 Å². The number of aromatic nitrogens is 5. The Morgan fingerprint density at radius 1 is 1.11 bits per heavy atom. The Hall–Kier alpha value is -4.51. The number of anilines is 1. The highest BCUT2D eigenvalue weighted by atomic mass is 32.2. The van der Waals surface area contributed by atoms with Crippen molar-refractivity contribution >= 4 is 34.8 Å². The van der Waals surface area contributed by atoms with Gasteiger partial charge in [-0.15, -0.1) is 10.2 Å². The Bertz CT molecular complexity index is 1580. The summed E-state index contributed by atoms with van der Waals surface area (Å²) < 4.78 is 3.47. The SMILES string of the molecule is Cc1cccn2c(NC(=O)c3ccc(Sc4nncn4C)c([N+](=O)[O-])c3)c(-c3ccccc3)nc12. The third-order valence-electron chi connectivity index (χ3n) is 5.41. The fraction of sp³-hybridized carbons (Fsp3) is 0.0833. The number of nitrogens with zero attached hydrogens (tertiary/aromatic N) is 6. The summed E-state index contributed by atoms with van der Waals surface area (Å²) in [6.07, 6.45) is 3.33. The number of amides is 1. The zero-order chi connectivity index (χ0) is 24.5. The van der Waals surface area contributed by atoms with Crippen LogP contribution in [0.5, 0.6) is 0 Å². The van der Waals surface area contributed by atoms with Crippen LogP contribution in [0.15, 0.2) is 83.2 Å². The quantitative estimate of drug-likeness (QED) is 0.272. The number of nitrogens with one attached hydrogen (secondary N) is 1. The normalized spacial score (nSPS) is 11.0. The van der Waals surface area contributed by atoms with Gasteiger partial charge in [-0.05, 0) is 42.4 Å². The highest BCUT2D eigenvalue weighted by molar-refractivity contribution is 7.99. The van der Waals surface area contributed by atoms with E-state index >= 15 is 0 Å². The molecule has 0 aliphatic rings. The Morgan fingerprint density at radius 3 is 2.63 bits per heavy atom. The van der Waals surface area contributed by atoms with Crippen LogP contribution in [-0.4, -0.2) is 35.0 Å². The van der Waals surface area contributed by atoms with Crippen LogP contribution in [0.2, 0.25) is 0 Å². The van der Waals surface area contributed by atoms with Gasteiger partial charge in [0.2, 0.25) is 0 Å². The fourth-order valence-electron chi connectivity index (χ4n) is 3.65. The number of benzene rings is 2. The number of hydrogen-bond donors (Lipinski definition) is 1. The van der Waals surface area contributed by atoms with E-state index in [0.29, 0.717) is 27.2 Å². The van der Waals surface area contributed by atoms with E-state index in [1.54, 1.807) is 23.7 Å². The van der Waals surface area contributed by atoms with Crippen LogP contribution in [0.1, 0.15) is 15.9 Å². The number of fused-ring (bicyclic) bond motifs is 1. The largest absolute Gasteiger partial charge is 0.311 e. The minimum absolute atomic E-state index is 0.153. The zero-order valence-electron chi connectivity index (χ0n) is 18.7. The van der Waals surface area contributed by atoms with Crippen LogP contribution in [0.4, 0.5) is 11.5 Å². The summed E-state index contributed by atoms with van der Waals surface area (Å²) in [4.78, 5) is 29.7. The molecule has 2 aromatic carbocycles. The maximum absolute atomic E-state index is 13.3. The topological polar surface area (TPSA) is 120 Å². The first-order chi connectivity index (χ1) is 16.9. The molecule has 174 valence electrons. The van der Waals surface area contributed by atoms with Crippen molar-refractivity contribution < 1.29 is 9.72 Å². The van der Waals surface area contributed by atoms with E-state index in [9.17, 15) is 14.9 Å². The third-order valence-corrected chi connectivity index (χ3v) is 6.53. The Kier molecular flexibility index (Phi) is 5.75. The van der Waals surface area contributed by atoms with Gasteiger partial charge in [0.15, 0.2) is 5.16 Å². The number of imidazole rings is 1. The van der Waals surface area contributed by atoms with E-state index in [2.05, 4.69) is 15.5 Å². The highest BCUT2D eigenvalue weighted by Crippen LogP contribution is 2.35. The first-order valence-electron chi connectivity index (χ1n) is 10.6. The van der Waals surface area contributed by atoms with Crippen LogP contribution >= 0.6 is 11.8 Å². The first-order valence-corrected chi connectivity index (χ1v) is 11.4. The molecule has 0 saturated heterocycles. The van der Waals surface area contributed by atoms with Gasteiger partial charge >= 0.3 is 0 Å². The minimum Gasteiger partial charge on any atom is -0.311 e. The van der Waals surface area contributed by atoms with Crippen molar-refractivity contribution in [2.75, 3.05) is 5.32 Å². The van der Waals surface area contributed by atoms with Crippen LogP contribution in [-0.2, 0) is 7.05 Å². The number of nitro benzene ring substituents is 1. The summed E-state index contributed by atoms with van der Waals surface area (Å²) in [7, 11) is 1.75. The van der Waals surface area contributed by atoms with E-state index in [-0.39, 0.29) is 11.3 Å². The second kappa shape index (κ2) is 9.03. The minimum atomic E-state index is -0.511. The standard InChI is InChI=1S/C24H19N7O3S/c1-15-7-6-12-30-21(15)26-20(16-8-4-3-5-9-16)22(30)27-23(32)17-10-11-19(18(13-17)31(33)34)35-24-28-25-14-29(24)2/h3-14H,1-2H3,(H,27,32). The third kappa shape index (κ3) is 4.24. The van der Waals surface area contributed by atoms with Gasteiger partial charge in [-0.25, -0.2) is 4.98 Å². The average molecular weight is 486 g/mol. The van der Waals surface area contributed by atoms with Crippen molar-refractivity contribution in [1.82, 2.24) is 24.1 Å². The molecule has 0 fully saturated rings. The molecule has 10 nitrogen and oxygen atoms in total. The molecule has 0 bridgehead atoms. The number of hydrogen-bond acceptors (Lipinski definition) is 7. The molecule has 0 radical (unpaired) electrons. The van der Waals surface area contributed by atoms with E-state index in [1.807, 2.05) is 60.0 Å². The molecule has 0 aliphatic carbocycles. The number of rotatable bonds is 6. The Balaban J connectivity index is 1.53. The van der Waals surface area contributed by atoms with E-state index < -0.39 is 10.8 Å². The van der Waals surface area contributed by atoms with Gasteiger partial charge in [-0.3, -0.25) is 19.3 Å². The molecule has 0 unspecified atom stereocenters. The van der Waals surface area contributed by atoms with Gasteiger partial charge in [-0.2, -0.15) is 0 Å². The summed E-state index contributed by atoms with van der Waals surface area (Å²) in [5, 5.41) is 23.0. The molecule has 5 rings (SSSR count). The molecule has 1 N–H and O–H groups in total. The van der Waals surface area contributed by atoms with E-state index in [4.69, 9.17) is 4.98 Å². The monoisotopic (exact) mass is 485 g/mol. The van der Waals surface area contributed by atoms with Crippen molar-refractivity contribution in [2.24, 2.45) is 7.05 Å². The van der Waals surface area contributed by atoms with Gasteiger partial charge in [-0.1, -0.05) is 36.4 Å². The molecular weight excluding hydrogens is 466 g/mol. The number of nitro groups is 1. The number of carbonyl (C=O) groups excluding carboxylic acids is 1. The van der Waals surface area contributed by atoms with Gasteiger partial charge in [0.1, 0.15) is 23.5 Å². The van der Waals surface area contributed by atoms with Crippen molar-refractivity contribution in [1.29, 1.82) is 0 Å². The lowest BCUT2D eigenvalue weighted by atomic mass is 10.1. The van der Waals surface area contributed by atoms with Gasteiger partial charge in [0.05, 0.1) is 9.82 Å². The lowest BCUT2D eigenvalue weighted by Crippen LogP contribution is -2.14. The molecule has 1 amide bonds. The number of carbonyl (C=O) groups is 1. The average Bonchev–Trinajstić information content (AvgIpc) is 3.44. The van der Waals surface area contributed by atoms with Gasteiger partial charge in [0, 0.05) is 30.4 Å². The summed E-state index contributed by atoms with van der Waals surface area (Å²) >= 11 is 1.11. The molecule has 0 aliphatic heterocycles. The molecule has 5 aromatic rings. The number of aryl methyl sites for hydroxylation is 2. The Labute approximate surface area is 203 Å². The van der Waals surface area contributed by atoms with E-state index in [0.717, 1.165) is 22.9 Å². The summed E-state index contributed by atoms with van der Waals surface area (Å²) in [6.45, 7) is 1.94. The molecule has 0 spiro atoms. The van der Waals surface area contributed by atoms with Gasteiger partial charge in [0.25, 0.3) is 11.6 Å². The maximum atomic E-state index is 13.3. The van der Waals surface area contributed by atoms with Crippen LogP contribution in [0.25, 0.3) is 16.9 Å². The molecule has 3 aromatic heterocycles. The summed E-state index contributed by atoms with van der Waals surface area (Å²) in [5.74, 6) is 0.00360. The molecule has 0 saturated carbocycles. The van der Waals surface area contributed by atoms with Crippen molar-refractivity contribution in [3.63, 3.8) is 0 Å². The lowest BCUT2D eigenvalue weighted by molar-refractivity contribution is -0.387.